The van der Waals surface area contributed by atoms with Crippen LogP contribution in [0.2, 0.25) is 0 Å². The lowest BCUT2D eigenvalue weighted by atomic mass is 9.58. The predicted octanol–water partition coefficient (Wildman–Crippen LogP) is 6.81. The maximum absolute atomic E-state index is 7.57. The maximum Gasteiger partial charge on any atom is 0.0974 e. The highest BCUT2D eigenvalue weighted by molar-refractivity contribution is 5.82. The molecule has 38 heavy (non-hydrogen) atoms. The number of benzene rings is 1. The summed E-state index contributed by atoms with van der Waals surface area (Å²) in [7, 11) is 2.34. The van der Waals surface area contributed by atoms with Gasteiger partial charge in [-0.25, -0.2) is 0 Å². The molecule has 2 bridgehead atoms. The summed E-state index contributed by atoms with van der Waals surface area (Å²) in [5.41, 5.74) is 5.05. The van der Waals surface area contributed by atoms with Gasteiger partial charge in [-0.3, -0.25) is 4.98 Å². The van der Waals surface area contributed by atoms with Crippen LogP contribution in [0.15, 0.2) is 60.0 Å². The van der Waals surface area contributed by atoms with Crippen LogP contribution in [0.5, 0.6) is 0 Å². The topological polar surface area (TPSA) is 34.6 Å². The molecule has 2 saturated heterocycles. The number of rotatable bonds is 4. The Balaban J connectivity index is 1.10. The Hall–Kier alpha value is -2.01. The van der Waals surface area contributed by atoms with Crippen LogP contribution in [-0.4, -0.2) is 53.9 Å². The van der Waals surface area contributed by atoms with Gasteiger partial charge in [0, 0.05) is 35.8 Å². The van der Waals surface area contributed by atoms with Crippen LogP contribution in [0.4, 0.5) is 0 Å². The minimum absolute atomic E-state index is 0.0451. The summed E-state index contributed by atoms with van der Waals surface area (Å²) in [4.78, 5) is 7.04. The van der Waals surface area contributed by atoms with E-state index in [0.717, 1.165) is 32.6 Å². The Morgan fingerprint density at radius 1 is 1.05 bits per heavy atom. The zero-order valence-corrected chi connectivity index (χ0v) is 23.3. The second-order valence-corrected chi connectivity index (χ2v) is 14.3. The molecule has 3 aliphatic heterocycles. The molecule has 0 radical (unpaired) electrons. The first kappa shape index (κ1) is 23.8. The Bertz CT molecular complexity index is 1360. The molecule has 1 aromatic carbocycles. The predicted molar refractivity (Wildman–Crippen MR) is 151 cm³/mol. The fourth-order valence-electron chi connectivity index (χ4n) is 9.90. The average molecular weight is 511 g/mol. The van der Waals surface area contributed by atoms with Crippen molar-refractivity contribution in [3.63, 3.8) is 0 Å². The molecule has 0 amide bonds. The van der Waals surface area contributed by atoms with Gasteiger partial charge < -0.3 is 14.4 Å². The monoisotopic (exact) mass is 510 g/mol. The van der Waals surface area contributed by atoms with Gasteiger partial charge in [-0.2, -0.15) is 0 Å². The molecule has 3 unspecified atom stereocenters. The van der Waals surface area contributed by atoms with E-state index in [1.54, 1.807) is 5.57 Å². The van der Waals surface area contributed by atoms with Gasteiger partial charge in [0.2, 0.25) is 0 Å². The number of hydrogen-bond acceptors (Lipinski definition) is 4. The number of nitrogens with zero attached hydrogens (tertiary/aromatic N) is 2. The first-order valence-electron chi connectivity index (χ1n) is 15.1. The van der Waals surface area contributed by atoms with Crippen molar-refractivity contribution < 1.29 is 9.47 Å². The van der Waals surface area contributed by atoms with Gasteiger partial charge in [0.05, 0.1) is 24.4 Å². The smallest absolute Gasteiger partial charge is 0.0974 e. The van der Waals surface area contributed by atoms with Crippen LogP contribution in [0.25, 0.3) is 10.8 Å². The van der Waals surface area contributed by atoms with Gasteiger partial charge in [-0.15, -0.1) is 0 Å². The van der Waals surface area contributed by atoms with Crippen molar-refractivity contribution in [2.24, 2.45) is 16.7 Å². The molecule has 6 aliphatic rings. The molecular weight excluding hydrogens is 468 g/mol. The van der Waals surface area contributed by atoms with E-state index in [2.05, 4.69) is 67.2 Å². The molecule has 200 valence electrons. The number of fused-ring (bicyclic) bond motifs is 2. The summed E-state index contributed by atoms with van der Waals surface area (Å²) in [5, 5.41) is 2.55. The summed E-state index contributed by atoms with van der Waals surface area (Å²) in [6, 6.07) is 9.84. The van der Waals surface area contributed by atoms with Crippen LogP contribution in [0.3, 0.4) is 0 Å². The minimum Gasteiger partial charge on any atom is -0.380 e. The van der Waals surface area contributed by atoms with E-state index < -0.39 is 0 Å². The zero-order valence-electron chi connectivity index (χ0n) is 23.3. The van der Waals surface area contributed by atoms with Crippen LogP contribution < -0.4 is 0 Å². The molecule has 2 spiro atoms. The summed E-state index contributed by atoms with van der Waals surface area (Å²) in [6.45, 7) is 7.90. The second kappa shape index (κ2) is 8.02. The summed E-state index contributed by atoms with van der Waals surface area (Å²) in [6.07, 6.45) is 18.8. The van der Waals surface area contributed by atoms with Crippen molar-refractivity contribution in [2.75, 3.05) is 26.8 Å². The summed E-state index contributed by atoms with van der Waals surface area (Å²) < 4.78 is 13.1. The number of ether oxygens (including phenoxy) is 2. The normalized spacial score (nSPS) is 40.7. The van der Waals surface area contributed by atoms with Crippen LogP contribution in [-0.2, 0) is 9.47 Å². The second-order valence-electron chi connectivity index (χ2n) is 14.3. The van der Waals surface area contributed by atoms with Crippen molar-refractivity contribution >= 4 is 10.8 Å². The van der Waals surface area contributed by atoms with Crippen molar-refractivity contribution in [3.8, 4) is 0 Å². The molecule has 4 nitrogen and oxygen atoms in total. The maximum atomic E-state index is 7.57. The molecule has 2 saturated carbocycles. The molecule has 2 aromatic rings. The van der Waals surface area contributed by atoms with Gasteiger partial charge in [0.25, 0.3) is 0 Å². The van der Waals surface area contributed by atoms with Gasteiger partial charge in [-0.05, 0) is 110 Å². The van der Waals surface area contributed by atoms with Crippen molar-refractivity contribution in [1.82, 2.24) is 9.88 Å². The van der Waals surface area contributed by atoms with Crippen molar-refractivity contribution in [2.45, 2.75) is 88.4 Å². The molecule has 3 aliphatic carbocycles. The van der Waals surface area contributed by atoms with E-state index in [1.165, 1.54) is 60.4 Å². The van der Waals surface area contributed by atoms with Gasteiger partial charge in [0.15, 0.2) is 0 Å². The molecule has 4 heterocycles. The minimum atomic E-state index is -0.0854. The van der Waals surface area contributed by atoms with E-state index >= 15 is 0 Å². The Kier molecular flexibility index (Phi) is 5.03. The molecule has 0 N–H and O–H groups in total. The summed E-state index contributed by atoms with van der Waals surface area (Å²) in [5.74, 6) is 1.16. The highest BCUT2D eigenvalue weighted by Crippen LogP contribution is 2.69. The fraction of sp³-hybridized carbons (Fsp3) is 0.618. The highest BCUT2D eigenvalue weighted by atomic mass is 16.5. The van der Waals surface area contributed by atoms with Crippen molar-refractivity contribution in [3.05, 3.63) is 65.5 Å². The van der Waals surface area contributed by atoms with Crippen molar-refractivity contribution in [1.29, 1.82) is 0 Å². The highest BCUT2D eigenvalue weighted by Gasteiger charge is 2.66. The zero-order chi connectivity index (χ0) is 25.8. The standard InChI is InChI=1S/C34H42N2O2/c1-31(21-37-22-31)20-36(3)28-7-6-26-17-27-10-12-32(2)29(24-5-4-23-11-15-35-19-25(23)16-24)8-9-30(32)34(27)14-13-33(26,18-28)38-34/h4-5,10-11,15-17,19,28-30H,6-9,12-14,18,20-22H2,1-3H3/t28?,29-,30?,32?,33-,34-/m1/s1. The van der Waals surface area contributed by atoms with Crippen LogP contribution >= 0.6 is 0 Å². The number of hydrogen-bond donors (Lipinski definition) is 0. The lowest BCUT2D eigenvalue weighted by Crippen LogP contribution is -2.56. The fourth-order valence-corrected chi connectivity index (χ4v) is 9.90. The lowest BCUT2D eigenvalue weighted by molar-refractivity contribution is -0.147. The number of pyridine rings is 1. The molecular formula is C34H42N2O2. The van der Waals surface area contributed by atoms with E-state index in [4.69, 9.17) is 9.47 Å². The Morgan fingerprint density at radius 2 is 1.95 bits per heavy atom. The number of allylic oxidation sites excluding steroid dienone is 1. The third-order valence-corrected chi connectivity index (χ3v) is 11.9. The molecule has 8 rings (SSSR count). The van der Waals surface area contributed by atoms with Gasteiger partial charge in [0.1, 0.15) is 0 Å². The van der Waals surface area contributed by atoms with Crippen LogP contribution in [0.1, 0.15) is 76.7 Å². The molecule has 6 atom stereocenters. The van der Waals surface area contributed by atoms with Crippen LogP contribution in [0, 0.1) is 16.7 Å². The van der Waals surface area contributed by atoms with E-state index in [-0.39, 0.29) is 16.6 Å². The molecule has 1 aromatic heterocycles. The number of aromatic nitrogens is 1. The Labute approximate surface area is 227 Å². The first-order valence-corrected chi connectivity index (χ1v) is 15.1. The SMILES string of the molecule is CN(CC1(C)COC1)C1CCC2=CC3=CCC4(C)C(CC[C@@H]4c4ccc5ccncc5c4)[C@@]34CC[C@]2(C1)O4. The van der Waals surface area contributed by atoms with E-state index in [1.807, 2.05) is 12.4 Å². The lowest BCUT2D eigenvalue weighted by Gasteiger charge is -2.55. The van der Waals surface area contributed by atoms with E-state index in [9.17, 15) is 0 Å². The third kappa shape index (κ3) is 3.23. The largest absolute Gasteiger partial charge is 0.380 e. The first-order chi connectivity index (χ1) is 18.3. The molecule has 4 heteroatoms. The molecule has 4 fully saturated rings. The quantitative estimate of drug-likeness (QED) is 0.452. The average Bonchev–Trinajstić information content (AvgIpc) is 3.42. The Morgan fingerprint density at radius 3 is 2.79 bits per heavy atom. The van der Waals surface area contributed by atoms with E-state index in [0.29, 0.717) is 23.3 Å². The summed E-state index contributed by atoms with van der Waals surface area (Å²) >= 11 is 0. The van der Waals surface area contributed by atoms with Gasteiger partial charge >= 0.3 is 0 Å². The third-order valence-electron chi connectivity index (χ3n) is 11.9. The van der Waals surface area contributed by atoms with Gasteiger partial charge in [-0.1, -0.05) is 38.1 Å².